The Labute approximate surface area is 217 Å². The molecular formula is C27H37N7O3. The van der Waals surface area contributed by atoms with Gasteiger partial charge in [-0.15, -0.1) is 5.10 Å². The van der Waals surface area contributed by atoms with E-state index < -0.39 is 23.6 Å². The highest BCUT2D eigenvalue weighted by Crippen LogP contribution is 2.40. The molecule has 2 amide bonds. The molecule has 1 aliphatic heterocycles. The molecule has 2 aromatic heterocycles. The van der Waals surface area contributed by atoms with Crippen molar-refractivity contribution in [2.75, 3.05) is 13.1 Å². The molecule has 198 valence electrons. The number of likely N-dealkylation sites (tertiary alicyclic amines) is 1. The van der Waals surface area contributed by atoms with E-state index in [1.54, 1.807) is 4.68 Å². The largest absolute Gasteiger partial charge is 0.391 e. The number of hydrogen-bond donors (Lipinski definition) is 2. The van der Waals surface area contributed by atoms with Crippen LogP contribution in [0.3, 0.4) is 0 Å². The summed E-state index contributed by atoms with van der Waals surface area (Å²) in [5.41, 5.74) is 2.47. The van der Waals surface area contributed by atoms with Gasteiger partial charge in [0.25, 0.3) is 0 Å². The number of rotatable bonds is 8. The van der Waals surface area contributed by atoms with Crippen molar-refractivity contribution in [1.29, 1.82) is 0 Å². The number of para-hydroxylation sites is 2. The molecular weight excluding hydrogens is 470 g/mol. The lowest BCUT2D eigenvalue weighted by Crippen LogP contribution is -2.50. The fourth-order valence-electron chi connectivity index (χ4n) is 5.41. The van der Waals surface area contributed by atoms with E-state index in [1.807, 2.05) is 51.2 Å². The van der Waals surface area contributed by atoms with E-state index in [0.717, 1.165) is 41.9 Å². The summed E-state index contributed by atoms with van der Waals surface area (Å²) in [5, 5.41) is 22.0. The molecule has 3 atom stereocenters. The van der Waals surface area contributed by atoms with Gasteiger partial charge in [0.15, 0.2) is 0 Å². The molecule has 0 radical (unpaired) electrons. The number of benzene rings is 1. The number of aliphatic hydroxyl groups excluding tert-OH is 1. The number of fused-ring (bicyclic) bond motifs is 1. The predicted molar refractivity (Wildman–Crippen MR) is 139 cm³/mol. The lowest BCUT2D eigenvalue weighted by Gasteiger charge is -2.34. The summed E-state index contributed by atoms with van der Waals surface area (Å²) in [4.78, 5) is 33.4. The number of aliphatic hydroxyl groups is 1. The van der Waals surface area contributed by atoms with Gasteiger partial charge in [0.05, 0.1) is 22.8 Å². The Hall–Kier alpha value is -3.27. The molecule has 0 unspecified atom stereocenters. The monoisotopic (exact) mass is 507 g/mol. The molecule has 5 rings (SSSR count). The van der Waals surface area contributed by atoms with Crippen molar-refractivity contribution in [2.24, 2.45) is 5.41 Å². The van der Waals surface area contributed by atoms with Crippen LogP contribution in [0, 0.1) is 5.41 Å². The van der Waals surface area contributed by atoms with Crippen LogP contribution in [0.1, 0.15) is 70.4 Å². The van der Waals surface area contributed by atoms with Crippen molar-refractivity contribution in [3.05, 3.63) is 42.0 Å². The first-order valence-electron chi connectivity index (χ1n) is 13.3. The predicted octanol–water partition coefficient (Wildman–Crippen LogP) is 2.43. The van der Waals surface area contributed by atoms with Gasteiger partial charge in [-0.1, -0.05) is 38.1 Å². The van der Waals surface area contributed by atoms with Gasteiger partial charge in [-0.2, -0.15) is 0 Å². The number of nitrogens with zero attached hydrogens (tertiary/aromatic N) is 6. The maximum Gasteiger partial charge on any atom is 0.248 e. The zero-order valence-electron chi connectivity index (χ0n) is 22.1. The molecule has 2 fully saturated rings. The van der Waals surface area contributed by atoms with Gasteiger partial charge in [0, 0.05) is 44.6 Å². The number of hydrogen-bond acceptors (Lipinski definition) is 6. The van der Waals surface area contributed by atoms with Crippen LogP contribution in [0.5, 0.6) is 0 Å². The second-order valence-electron chi connectivity index (χ2n) is 11.4. The van der Waals surface area contributed by atoms with Crippen LogP contribution in [-0.2, 0) is 22.6 Å². The van der Waals surface area contributed by atoms with Crippen LogP contribution in [0.2, 0.25) is 0 Å². The lowest BCUT2D eigenvalue weighted by atomic mass is 9.85. The second kappa shape index (κ2) is 9.89. The zero-order valence-corrected chi connectivity index (χ0v) is 22.1. The minimum Gasteiger partial charge on any atom is -0.391 e. The molecule has 3 aromatic rings. The molecule has 10 heteroatoms. The molecule has 0 spiro atoms. The highest BCUT2D eigenvalue weighted by molar-refractivity contribution is 5.90. The molecule has 1 saturated carbocycles. The van der Waals surface area contributed by atoms with Crippen molar-refractivity contribution in [3.63, 3.8) is 0 Å². The van der Waals surface area contributed by atoms with Crippen molar-refractivity contribution < 1.29 is 14.7 Å². The normalized spacial score (nSPS) is 20.9. The molecule has 3 heterocycles. The Balaban J connectivity index is 1.28. The number of imidazole rings is 1. The topological polar surface area (TPSA) is 118 Å². The van der Waals surface area contributed by atoms with Gasteiger partial charge in [-0.3, -0.25) is 9.59 Å². The van der Waals surface area contributed by atoms with E-state index in [1.165, 1.54) is 4.90 Å². The summed E-state index contributed by atoms with van der Waals surface area (Å²) in [6.07, 6.45) is 4.11. The minimum absolute atomic E-state index is 0.124. The SMILES string of the molecule is CCn1c(CCNC(=O)[C@@H]2C[C@@H](O)CN2C(=O)[C@@H](n2cc(C3CC3)nn2)C(C)(C)C)nc2ccccc21. The molecule has 37 heavy (non-hydrogen) atoms. The maximum absolute atomic E-state index is 13.9. The van der Waals surface area contributed by atoms with Crippen LogP contribution < -0.4 is 5.32 Å². The smallest absolute Gasteiger partial charge is 0.248 e. The highest BCUT2D eigenvalue weighted by atomic mass is 16.3. The first-order chi connectivity index (χ1) is 17.7. The Bertz CT molecular complexity index is 1290. The van der Waals surface area contributed by atoms with Crippen molar-refractivity contribution in [1.82, 2.24) is 34.8 Å². The van der Waals surface area contributed by atoms with E-state index in [4.69, 9.17) is 4.98 Å². The van der Waals surface area contributed by atoms with Gasteiger partial charge in [-0.05, 0) is 37.3 Å². The van der Waals surface area contributed by atoms with Crippen molar-refractivity contribution in [2.45, 2.75) is 84.0 Å². The number of aromatic nitrogens is 5. The van der Waals surface area contributed by atoms with E-state index in [2.05, 4.69) is 27.1 Å². The molecule has 1 aliphatic carbocycles. The summed E-state index contributed by atoms with van der Waals surface area (Å²) in [5.74, 6) is 0.865. The third-order valence-corrected chi connectivity index (χ3v) is 7.40. The number of amides is 2. The summed E-state index contributed by atoms with van der Waals surface area (Å²) < 4.78 is 3.80. The molecule has 2 N–H and O–H groups in total. The van der Waals surface area contributed by atoms with E-state index in [-0.39, 0.29) is 24.8 Å². The molecule has 0 bridgehead atoms. The number of carbonyl (C=O) groups excluding carboxylic acids is 2. The van der Waals surface area contributed by atoms with Crippen LogP contribution >= 0.6 is 0 Å². The van der Waals surface area contributed by atoms with Crippen LogP contribution in [0.25, 0.3) is 11.0 Å². The Kier molecular flexibility index (Phi) is 6.78. The summed E-state index contributed by atoms with van der Waals surface area (Å²) in [7, 11) is 0. The number of aryl methyl sites for hydroxylation is 1. The van der Waals surface area contributed by atoms with E-state index >= 15 is 0 Å². The quantitative estimate of drug-likeness (QED) is 0.484. The zero-order chi connectivity index (χ0) is 26.3. The highest BCUT2D eigenvalue weighted by Gasteiger charge is 2.45. The number of nitrogens with one attached hydrogen (secondary N) is 1. The van der Waals surface area contributed by atoms with Crippen molar-refractivity contribution >= 4 is 22.8 Å². The van der Waals surface area contributed by atoms with Gasteiger partial charge in [0.2, 0.25) is 11.8 Å². The standard InChI is InChI=1S/C27H37N7O3/c1-5-32-21-9-7-6-8-19(21)29-23(32)12-13-28-25(36)22-14-18(35)15-33(22)26(37)24(27(2,3)4)34-16-20(30-31-34)17-10-11-17/h6-9,16-18,22,24,35H,5,10-15H2,1-4H3,(H,28,36)/t18-,22+,24-/m1/s1. The molecule has 1 saturated heterocycles. The van der Waals surface area contributed by atoms with Crippen LogP contribution in [0.15, 0.2) is 30.5 Å². The van der Waals surface area contributed by atoms with Gasteiger partial charge in [0.1, 0.15) is 17.9 Å². The summed E-state index contributed by atoms with van der Waals surface area (Å²) in [6, 6.07) is 6.64. The van der Waals surface area contributed by atoms with Gasteiger partial charge in [-0.25, -0.2) is 9.67 Å². The van der Waals surface area contributed by atoms with E-state index in [0.29, 0.717) is 18.9 Å². The second-order valence-corrected chi connectivity index (χ2v) is 11.4. The Morgan fingerprint density at radius 2 is 1.97 bits per heavy atom. The molecule has 2 aliphatic rings. The van der Waals surface area contributed by atoms with Gasteiger partial charge < -0.3 is 19.9 Å². The fourth-order valence-corrected chi connectivity index (χ4v) is 5.41. The van der Waals surface area contributed by atoms with Crippen LogP contribution in [0.4, 0.5) is 0 Å². The average Bonchev–Trinajstić information content (AvgIpc) is 3.29. The summed E-state index contributed by atoms with van der Waals surface area (Å²) in [6.45, 7) is 9.33. The molecule has 10 nitrogen and oxygen atoms in total. The first-order valence-corrected chi connectivity index (χ1v) is 13.3. The van der Waals surface area contributed by atoms with Crippen molar-refractivity contribution in [3.8, 4) is 0 Å². The summed E-state index contributed by atoms with van der Waals surface area (Å²) >= 11 is 0. The Morgan fingerprint density at radius 3 is 2.68 bits per heavy atom. The maximum atomic E-state index is 13.9. The van der Waals surface area contributed by atoms with E-state index in [9.17, 15) is 14.7 Å². The fraction of sp³-hybridized carbons (Fsp3) is 0.593. The third-order valence-electron chi connectivity index (χ3n) is 7.40. The van der Waals surface area contributed by atoms with Crippen LogP contribution in [-0.4, -0.2) is 71.6 Å². The molecule has 1 aromatic carbocycles. The van der Waals surface area contributed by atoms with Gasteiger partial charge >= 0.3 is 0 Å². The minimum atomic E-state index is -0.748. The Morgan fingerprint density at radius 1 is 1.22 bits per heavy atom. The third kappa shape index (κ3) is 5.12. The average molecular weight is 508 g/mol. The lowest BCUT2D eigenvalue weighted by molar-refractivity contribution is -0.144. The first kappa shape index (κ1) is 25.4. The number of β-amino-alcohol motifs (C(OH)–C–C–N with tert-alkyl or cyclic N) is 1. The number of carbonyl (C=O) groups is 2.